The molecule has 0 aromatic carbocycles. The smallest absolute Gasteiger partial charge is 0.250 e. The topological polar surface area (TPSA) is 78.5 Å². The highest BCUT2D eigenvalue weighted by Crippen LogP contribution is 2.25. The summed E-state index contributed by atoms with van der Waals surface area (Å²) in [6, 6.07) is 3.62. The molecule has 1 aliphatic rings. The van der Waals surface area contributed by atoms with Gasteiger partial charge in [-0.1, -0.05) is 0 Å². The second-order valence-electron chi connectivity index (χ2n) is 4.83. The molecule has 1 aromatic rings. The lowest BCUT2D eigenvalue weighted by Crippen LogP contribution is -2.47. The lowest BCUT2D eigenvalue weighted by Gasteiger charge is -2.31. The van der Waals surface area contributed by atoms with Crippen LogP contribution >= 0.6 is 39.7 Å². The Balaban J connectivity index is 0.00000242. The van der Waals surface area contributed by atoms with Crippen molar-refractivity contribution >= 4 is 55.6 Å². The van der Waals surface area contributed by atoms with Crippen molar-refractivity contribution in [2.24, 2.45) is 0 Å². The van der Waals surface area contributed by atoms with Gasteiger partial charge < -0.3 is 10.2 Å². The zero-order valence-corrected chi connectivity index (χ0v) is 16.1. The van der Waals surface area contributed by atoms with Crippen LogP contribution in [0.25, 0.3) is 0 Å². The van der Waals surface area contributed by atoms with Gasteiger partial charge in [-0.05, 0) is 48.0 Å². The van der Waals surface area contributed by atoms with Crippen molar-refractivity contribution in [2.45, 2.75) is 23.1 Å². The number of carbonyl (C=O) groups excluding carboxylic acids is 1. The molecule has 1 aliphatic heterocycles. The molecule has 1 amide bonds. The van der Waals surface area contributed by atoms with Crippen molar-refractivity contribution in [1.82, 2.24) is 14.9 Å². The Bertz CT molecular complexity index is 601. The molecule has 2 heterocycles. The average Bonchev–Trinajstić information content (AvgIpc) is 2.92. The predicted molar refractivity (Wildman–Crippen MR) is 93.1 cm³/mol. The third kappa shape index (κ3) is 5.17. The lowest BCUT2D eigenvalue weighted by molar-refractivity contribution is -0.131. The Morgan fingerprint density at radius 3 is 2.55 bits per heavy atom. The molecule has 0 atom stereocenters. The van der Waals surface area contributed by atoms with Gasteiger partial charge in [0.2, 0.25) is 5.91 Å². The van der Waals surface area contributed by atoms with E-state index in [1.165, 1.54) is 6.07 Å². The normalized spacial score (nSPS) is 16.4. The number of halogens is 2. The van der Waals surface area contributed by atoms with E-state index in [0.717, 1.165) is 28.0 Å². The van der Waals surface area contributed by atoms with Gasteiger partial charge in [0.15, 0.2) is 0 Å². The van der Waals surface area contributed by atoms with Crippen LogP contribution in [0.4, 0.5) is 0 Å². The molecule has 0 unspecified atom stereocenters. The number of amides is 1. The Kier molecular flexibility index (Phi) is 7.76. The standard InChI is InChI=1S/C12H18BrN3O3S2.ClH/c1-14-9-4-6-16(7-5-9)11(17)8-15-21(18,19)12-3-2-10(13)20-12;/h2-3,9,14-15H,4-8H2,1H3;1H. The Labute approximate surface area is 149 Å². The fourth-order valence-electron chi connectivity index (χ4n) is 2.20. The summed E-state index contributed by atoms with van der Waals surface area (Å²) in [5.74, 6) is -0.177. The average molecular weight is 433 g/mol. The van der Waals surface area contributed by atoms with Crippen molar-refractivity contribution in [2.75, 3.05) is 26.7 Å². The van der Waals surface area contributed by atoms with Crippen molar-refractivity contribution in [1.29, 1.82) is 0 Å². The van der Waals surface area contributed by atoms with Crippen LogP contribution in [0, 0.1) is 0 Å². The van der Waals surface area contributed by atoms with Gasteiger partial charge in [0.05, 0.1) is 10.3 Å². The van der Waals surface area contributed by atoms with Crippen LogP contribution in [0.15, 0.2) is 20.1 Å². The minimum absolute atomic E-state index is 0. The Morgan fingerprint density at radius 2 is 2.05 bits per heavy atom. The third-order valence-electron chi connectivity index (χ3n) is 3.48. The first kappa shape index (κ1) is 19.9. The van der Waals surface area contributed by atoms with E-state index in [9.17, 15) is 13.2 Å². The molecule has 1 saturated heterocycles. The quantitative estimate of drug-likeness (QED) is 0.737. The number of likely N-dealkylation sites (tertiary alicyclic amines) is 1. The van der Waals surface area contributed by atoms with E-state index in [1.54, 1.807) is 11.0 Å². The summed E-state index contributed by atoms with van der Waals surface area (Å²) in [6.07, 6.45) is 1.79. The van der Waals surface area contributed by atoms with Crippen LogP contribution in [0.1, 0.15) is 12.8 Å². The molecule has 0 bridgehead atoms. The second kappa shape index (κ2) is 8.60. The molecule has 0 saturated carbocycles. The number of hydrogen-bond acceptors (Lipinski definition) is 5. The van der Waals surface area contributed by atoms with Crippen LogP contribution in [-0.2, 0) is 14.8 Å². The van der Waals surface area contributed by atoms with E-state index in [0.29, 0.717) is 19.1 Å². The Hall–Kier alpha value is -0.190. The minimum atomic E-state index is -3.61. The van der Waals surface area contributed by atoms with Gasteiger partial charge in [-0.25, -0.2) is 13.1 Å². The molecule has 1 aromatic heterocycles. The molecule has 1 fully saturated rings. The molecule has 6 nitrogen and oxygen atoms in total. The minimum Gasteiger partial charge on any atom is -0.341 e. The monoisotopic (exact) mass is 431 g/mol. The third-order valence-corrected chi connectivity index (χ3v) is 7.00. The fraction of sp³-hybridized carbons (Fsp3) is 0.583. The van der Waals surface area contributed by atoms with E-state index >= 15 is 0 Å². The van der Waals surface area contributed by atoms with Crippen LogP contribution < -0.4 is 10.0 Å². The first-order valence-corrected chi connectivity index (χ1v) is 9.71. The molecule has 126 valence electrons. The van der Waals surface area contributed by atoms with Crippen molar-refractivity contribution in [3.63, 3.8) is 0 Å². The first-order valence-electron chi connectivity index (χ1n) is 6.62. The lowest BCUT2D eigenvalue weighted by atomic mass is 10.1. The molecule has 0 aliphatic carbocycles. The van der Waals surface area contributed by atoms with E-state index in [2.05, 4.69) is 26.0 Å². The first-order chi connectivity index (χ1) is 9.92. The van der Waals surface area contributed by atoms with Crippen LogP contribution in [0.5, 0.6) is 0 Å². The van der Waals surface area contributed by atoms with Crippen LogP contribution in [-0.4, -0.2) is 51.9 Å². The van der Waals surface area contributed by atoms with Gasteiger partial charge in [0.25, 0.3) is 10.0 Å². The highest BCUT2D eigenvalue weighted by molar-refractivity contribution is 9.11. The van der Waals surface area contributed by atoms with Gasteiger partial charge in [-0.3, -0.25) is 4.79 Å². The van der Waals surface area contributed by atoms with E-state index in [4.69, 9.17) is 0 Å². The van der Waals surface area contributed by atoms with Crippen molar-refractivity contribution < 1.29 is 13.2 Å². The molecule has 10 heteroatoms. The van der Waals surface area contributed by atoms with Gasteiger partial charge in [-0.15, -0.1) is 23.7 Å². The SMILES string of the molecule is CNC1CCN(C(=O)CNS(=O)(=O)c2ccc(Br)s2)CC1.Cl. The summed E-state index contributed by atoms with van der Waals surface area (Å²) in [5.41, 5.74) is 0. The highest BCUT2D eigenvalue weighted by Gasteiger charge is 2.23. The van der Waals surface area contributed by atoms with E-state index in [1.807, 2.05) is 7.05 Å². The predicted octanol–water partition coefficient (Wildman–Crippen LogP) is 1.42. The highest BCUT2D eigenvalue weighted by atomic mass is 79.9. The molecule has 2 rings (SSSR count). The maximum atomic E-state index is 12.0. The maximum absolute atomic E-state index is 12.0. The number of carbonyl (C=O) groups is 1. The summed E-state index contributed by atoms with van der Waals surface area (Å²) in [7, 11) is -1.70. The maximum Gasteiger partial charge on any atom is 0.250 e. The fourth-order valence-corrected chi connectivity index (χ4v) is 5.23. The summed E-state index contributed by atoms with van der Waals surface area (Å²) >= 11 is 4.34. The van der Waals surface area contributed by atoms with E-state index < -0.39 is 10.0 Å². The number of thiophene rings is 1. The summed E-state index contributed by atoms with van der Waals surface area (Å²) in [6.45, 7) is 1.13. The van der Waals surface area contributed by atoms with Crippen LogP contribution in [0.3, 0.4) is 0 Å². The van der Waals surface area contributed by atoms with Gasteiger partial charge in [-0.2, -0.15) is 0 Å². The number of nitrogens with zero attached hydrogens (tertiary/aromatic N) is 1. The van der Waals surface area contributed by atoms with Gasteiger partial charge >= 0.3 is 0 Å². The van der Waals surface area contributed by atoms with E-state index in [-0.39, 0.29) is 29.1 Å². The molecular formula is C12H19BrClN3O3S2. The van der Waals surface area contributed by atoms with Crippen molar-refractivity contribution in [3.8, 4) is 0 Å². The molecular weight excluding hydrogens is 414 g/mol. The number of piperidine rings is 1. The number of nitrogens with one attached hydrogen (secondary N) is 2. The summed E-state index contributed by atoms with van der Waals surface area (Å²) in [5, 5.41) is 3.19. The number of rotatable bonds is 5. The van der Waals surface area contributed by atoms with Gasteiger partial charge in [0, 0.05) is 19.1 Å². The van der Waals surface area contributed by atoms with Crippen LogP contribution in [0.2, 0.25) is 0 Å². The molecule has 0 radical (unpaired) electrons. The summed E-state index contributed by atoms with van der Waals surface area (Å²) < 4.78 is 27.4. The van der Waals surface area contributed by atoms with Crippen molar-refractivity contribution in [3.05, 3.63) is 15.9 Å². The zero-order chi connectivity index (χ0) is 15.5. The summed E-state index contributed by atoms with van der Waals surface area (Å²) in [4.78, 5) is 13.8. The second-order valence-corrected chi connectivity index (χ2v) is 9.28. The molecule has 2 N–H and O–H groups in total. The Morgan fingerprint density at radius 1 is 1.41 bits per heavy atom. The molecule has 22 heavy (non-hydrogen) atoms. The number of sulfonamides is 1. The largest absolute Gasteiger partial charge is 0.341 e. The molecule has 0 spiro atoms. The zero-order valence-electron chi connectivity index (χ0n) is 12.0. The number of hydrogen-bond donors (Lipinski definition) is 2. The van der Waals surface area contributed by atoms with Gasteiger partial charge in [0.1, 0.15) is 4.21 Å².